The van der Waals surface area contributed by atoms with Crippen molar-refractivity contribution in [3.05, 3.63) is 457 Å². The standard InChI is InChI=1S/C106H68N2/c1-6-26-70(27-7-1)103-88-39-16-18-41-90(88)104(91-42-19-17-40-89(91)103)71-48-57-82(58-49-71)107-99-45-25-22-38-87(99)92-64-72(52-61-100(92)107)69-46-55-81(56-47-69)108-101-62-53-73(75-50-59-85-83-36-20-23-43-95(83)105(97(85)67-75,77-28-8-2-9-29-77)78-30-10-3-11-31-78)65-93(101)94-66-74(54-63-102(94)108)76-51-60-86-84-37-21-24-44-96(84)106(98(86)68-76,79-32-12-4-13-33-79)80-34-14-5-15-35-80/h1-68H. The number of para-hydroxylation sites is 1. The van der Waals surface area contributed by atoms with Gasteiger partial charge in [0.15, 0.2) is 0 Å². The summed E-state index contributed by atoms with van der Waals surface area (Å²) < 4.78 is 4.92. The van der Waals surface area contributed by atoms with E-state index in [1.165, 1.54) is 171 Å². The molecule has 0 saturated heterocycles. The van der Waals surface area contributed by atoms with Gasteiger partial charge in [0.05, 0.1) is 32.9 Å². The fourth-order valence-corrected chi connectivity index (χ4v) is 19.3. The minimum absolute atomic E-state index is 0.523. The summed E-state index contributed by atoms with van der Waals surface area (Å²) in [5.74, 6) is 0. The van der Waals surface area contributed by atoms with E-state index in [1.54, 1.807) is 0 Å². The summed E-state index contributed by atoms with van der Waals surface area (Å²) in [5, 5.41) is 9.85. The second-order valence-electron chi connectivity index (χ2n) is 29.3. The van der Waals surface area contributed by atoms with Gasteiger partial charge >= 0.3 is 0 Å². The van der Waals surface area contributed by atoms with Crippen LogP contribution < -0.4 is 0 Å². The second kappa shape index (κ2) is 24.3. The highest BCUT2D eigenvalue weighted by atomic mass is 15.0. The lowest BCUT2D eigenvalue weighted by Crippen LogP contribution is -2.28. The summed E-state index contributed by atoms with van der Waals surface area (Å²) in [6.07, 6.45) is 0. The number of aromatic nitrogens is 2. The molecule has 2 aliphatic rings. The van der Waals surface area contributed by atoms with E-state index >= 15 is 0 Å². The average molecular weight is 1370 g/mol. The van der Waals surface area contributed by atoms with Gasteiger partial charge in [-0.3, -0.25) is 0 Å². The van der Waals surface area contributed by atoms with Gasteiger partial charge in [-0.15, -0.1) is 0 Å². The number of fused-ring (bicyclic) bond motifs is 14. The van der Waals surface area contributed by atoms with Crippen LogP contribution in [0.25, 0.3) is 154 Å². The Morgan fingerprint density at radius 1 is 0.157 bits per heavy atom. The maximum atomic E-state index is 2.50. The van der Waals surface area contributed by atoms with Gasteiger partial charge in [-0.05, 0) is 223 Å². The molecule has 502 valence electrons. The van der Waals surface area contributed by atoms with Crippen molar-refractivity contribution in [3.8, 4) is 89.3 Å². The van der Waals surface area contributed by atoms with Crippen LogP contribution in [0.5, 0.6) is 0 Å². The predicted octanol–water partition coefficient (Wildman–Crippen LogP) is 27.2. The number of rotatable bonds is 11. The summed E-state index contributed by atoms with van der Waals surface area (Å²) in [5.41, 5.74) is 33.1. The first-order valence-electron chi connectivity index (χ1n) is 37.6. The molecule has 0 spiro atoms. The van der Waals surface area contributed by atoms with Gasteiger partial charge in [-0.1, -0.05) is 334 Å². The van der Waals surface area contributed by atoms with Gasteiger partial charge in [0.2, 0.25) is 0 Å². The van der Waals surface area contributed by atoms with Crippen molar-refractivity contribution in [2.45, 2.75) is 10.8 Å². The van der Waals surface area contributed by atoms with Crippen molar-refractivity contribution >= 4 is 65.2 Å². The van der Waals surface area contributed by atoms with Gasteiger partial charge in [0.1, 0.15) is 0 Å². The van der Waals surface area contributed by atoms with E-state index in [0.29, 0.717) is 0 Å². The quantitative estimate of drug-likeness (QED) is 0.114. The van der Waals surface area contributed by atoms with Crippen molar-refractivity contribution in [2.24, 2.45) is 0 Å². The highest BCUT2D eigenvalue weighted by molar-refractivity contribution is 6.22. The highest BCUT2D eigenvalue weighted by Gasteiger charge is 2.48. The van der Waals surface area contributed by atoms with Gasteiger partial charge < -0.3 is 9.13 Å². The lowest BCUT2D eigenvalue weighted by molar-refractivity contribution is 0.769. The Kier molecular flexibility index (Phi) is 13.9. The van der Waals surface area contributed by atoms with E-state index < -0.39 is 10.8 Å². The number of nitrogens with zero attached hydrogens (tertiary/aromatic N) is 2. The molecule has 22 rings (SSSR count). The molecule has 0 aliphatic heterocycles. The zero-order chi connectivity index (χ0) is 71.0. The molecular formula is C106H68N2. The molecular weight excluding hydrogens is 1300 g/mol. The normalized spacial score (nSPS) is 13.1. The van der Waals surface area contributed by atoms with Crippen molar-refractivity contribution in [2.75, 3.05) is 0 Å². The van der Waals surface area contributed by atoms with E-state index in [1.807, 2.05) is 0 Å². The van der Waals surface area contributed by atoms with Crippen molar-refractivity contribution in [1.82, 2.24) is 9.13 Å². The fraction of sp³-hybridized carbons (Fsp3) is 0.0189. The van der Waals surface area contributed by atoms with Gasteiger partial charge in [0, 0.05) is 32.9 Å². The largest absolute Gasteiger partial charge is 0.309 e. The van der Waals surface area contributed by atoms with E-state index in [-0.39, 0.29) is 0 Å². The number of hydrogen-bond donors (Lipinski definition) is 0. The number of hydrogen-bond acceptors (Lipinski definition) is 0. The molecule has 0 bridgehead atoms. The van der Waals surface area contributed by atoms with Crippen LogP contribution in [0.1, 0.15) is 44.5 Å². The lowest BCUT2D eigenvalue weighted by atomic mass is 9.67. The van der Waals surface area contributed by atoms with Crippen LogP contribution in [-0.2, 0) is 10.8 Å². The maximum absolute atomic E-state index is 2.50. The van der Waals surface area contributed by atoms with E-state index in [4.69, 9.17) is 0 Å². The third-order valence-corrected chi connectivity index (χ3v) is 23.9. The average Bonchev–Trinajstić information content (AvgIpc) is 1.53. The van der Waals surface area contributed by atoms with E-state index in [9.17, 15) is 0 Å². The van der Waals surface area contributed by atoms with Crippen LogP contribution in [0, 0.1) is 0 Å². The van der Waals surface area contributed by atoms with Crippen molar-refractivity contribution in [3.63, 3.8) is 0 Å². The summed E-state index contributed by atoms with van der Waals surface area (Å²) in [6.45, 7) is 0. The summed E-state index contributed by atoms with van der Waals surface area (Å²) in [6, 6.07) is 155. The smallest absolute Gasteiger partial charge is 0.0713 e. The van der Waals surface area contributed by atoms with Crippen LogP contribution >= 0.6 is 0 Å². The Balaban J connectivity index is 0.674. The molecule has 0 atom stereocenters. The Hall–Kier alpha value is -13.9. The van der Waals surface area contributed by atoms with Gasteiger partial charge in [-0.25, -0.2) is 0 Å². The minimum Gasteiger partial charge on any atom is -0.309 e. The molecule has 2 nitrogen and oxygen atoms in total. The fourth-order valence-electron chi connectivity index (χ4n) is 19.3. The zero-order valence-corrected chi connectivity index (χ0v) is 59.2. The van der Waals surface area contributed by atoms with E-state index in [0.717, 1.165) is 28.0 Å². The number of benzene rings is 18. The molecule has 2 heteroatoms. The molecule has 0 unspecified atom stereocenters. The SMILES string of the molecule is c1ccc(-c2c3ccccc3c(-c3ccc(-n4c5ccccc5c5cc(-c6ccc(-n7c8ccc(-c9ccc%10c(c9)C(c9ccccc9)(c9ccccc9)c9ccccc9-%10)cc8c8cc(-c9ccc%10c(c9)C(c9ccccc9)(c9ccccc9)c9ccccc9-%10)ccc87)cc6)ccc54)cc3)c3ccccc23)cc1. The van der Waals surface area contributed by atoms with Crippen molar-refractivity contribution < 1.29 is 0 Å². The molecule has 0 fully saturated rings. The molecule has 2 aromatic heterocycles. The van der Waals surface area contributed by atoms with Crippen LogP contribution in [0.3, 0.4) is 0 Å². The zero-order valence-electron chi connectivity index (χ0n) is 59.2. The first-order valence-corrected chi connectivity index (χ1v) is 37.6. The third kappa shape index (κ3) is 9.08. The lowest BCUT2D eigenvalue weighted by Gasteiger charge is -2.34. The highest BCUT2D eigenvalue weighted by Crippen LogP contribution is 2.59. The van der Waals surface area contributed by atoms with Crippen LogP contribution in [-0.4, -0.2) is 9.13 Å². The van der Waals surface area contributed by atoms with Gasteiger partial charge in [0.25, 0.3) is 0 Å². The molecule has 108 heavy (non-hydrogen) atoms. The van der Waals surface area contributed by atoms with Crippen LogP contribution in [0.15, 0.2) is 413 Å². The molecule has 18 aromatic carbocycles. The molecule has 0 radical (unpaired) electrons. The Labute approximate surface area is 627 Å². The molecule has 2 heterocycles. The second-order valence-corrected chi connectivity index (χ2v) is 29.3. The Morgan fingerprint density at radius 3 is 0.833 bits per heavy atom. The van der Waals surface area contributed by atoms with Gasteiger partial charge in [-0.2, -0.15) is 0 Å². The molecule has 2 aliphatic carbocycles. The minimum atomic E-state index is -0.523. The first kappa shape index (κ1) is 61.5. The Morgan fingerprint density at radius 2 is 0.426 bits per heavy atom. The monoisotopic (exact) mass is 1370 g/mol. The molecule has 0 amide bonds. The summed E-state index contributed by atoms with van der Waals surface area (Å²) in [4.78, 5) is 0. The predicted molar refractivity (Wildman–Crippen MR) is 452 cm³/mol. The first-order chi connectivity index (χ1) is 53.6. The van der Waals surface area contributed by atoms with Crippen molar-refractivity contribution in [1.29, 1.82) is 0 Å². The van der Waals surface area contributed by atoms with Crippen LogP contribution in [0.4, 0.5) is 0 Å². The summed E-state index contributed by atoms with van der Waals surface area (Å²) >= 11 is 0. The van der Waals surface area contributed by atoms with E-state index in [2.05, 4.69) is 422 Å². The maximum Gasteiger partial charge on any atom is 0.0713 e. The molecule has 20 aromatic rings. The summed E-state index contributed by atoms with van der Waals surface area (Å²) in [7, 11) is 0. The molecule has 0 N–H and O–H groups in total. The van der Waals surface area contributed by atoms with Crippen LogP contribution in [0.2, 0.25) is 0 Å². The molecule has 0 saturated carbocycles. The Bertz CT molecular complexity index is 6610. The third-order valence-electron chi connectivity index (χ3n) is 23.9. The topological polar surface area (TPSA) is 9.86 Å².